The van der Waals surface area contributed by atoms with Gasteiger partial charge in [-0.25, -0.2) is 4.79 Å². The Bertz CT molecular complexity index is 946. The molecule has 0 spiro atoms. The summed E-state index contributed by atoms with van der Waals surface area (Å²) in [5, 5.41) is 11.9. The molecule has 0 aliphatic heterocycles. The second-order valence-electron chi connectivity index (χ2n) is 15.5. The number of hydrogen-bond donors (Lipinski definition) is 3. The van der Waals surface area contributed by atoms with Gasteiger partial charge in [-0.15, -0.1) is 0 Å². The topological polar surface area (TPSA) is 119 Å². The first-order chi connectivity index (χ1) is 26.4. The van der Waals surface area contributed by atoms with E-state index in [4.69, 9.17) is 10.5 Å². The van der Waals surface area contributed by atoms with Crippen LogP contribution in [0, 0.1) is 0 Å². The SMILES string of the molecule is CCCCC/C=C\C/C=C\CCCCCCCCCC(=O)OC(CCC/C=C\CCCCCCCC)CCCCCCCC(=O)NC(CCCN)C(=O)O. The molecule has 4 N–H and O–H groups in total. The van der Waals surface area contributed by atoms with Gasteiger partial charge in [0, 0.05) is 12.8 Å². The summed E-state index contributed by atoms with van der Waals surface area (Å²) in [4.78, 5) is 36.4. The predicted molar refractivity (Wildman–Crippen MR) is 230 cm³/mol. The minimum atomic E-state index is -1.01. The number of carboxylic acid groups (broad SMARTS) is 1. The van der Waals surface area contributed by atoms with Crippen molar-refractivity contribution in [2.24, 2.45) is 5.73 Å². The van der Waals surface area contributed by atoms with Gasteiger partial charge in [0.2, 0.25) is 5.91 Å². The van der Waals surface area contributed by atoms with Gasteiger partial charge < -0.3 is 20.9 Å². The first-order valence-corrected chi connectivity index (χ1v) is 22.8. The molecule has 0 aliphatic carbocycles. The van der Waals surface area contributed by atoms with Crippen LogP contribution in [0.15, 0.2) is 36.5 Å². The largest absolute Gasteiger partial charge is 0.480 e. The molecule has 0 aliphatic rings. The molecule has 54 heavy (non-hydrogen) atoms. The van der Waals surface area contributed by atoms with E-state index in [9.17, 15) is 19.5 Å². The van der Waals surface area contributed by atoms with Crippen molar-refractivity contribution < 1.29 is 24.2 Å². The van der Waals surface area contributed by atoms with Crippen molar-refractivity contribution >= 4 is 17.8 Å². The second-order valence-corrected chi connectivity index (χ2v) is 15.5. The molecular weight excluding hydrogens is 673 g/mol. The molecule has 1 amide bonds. The number of nitrogens with one attached hydrogen (secondary N) is 1. The predicted octanol–water partition coefficient (Wildman–Crippen LogP) is 13.0. The van der Waals surface area contributed by atoms with E-state index in [2.05, 4.69) is 55.6 Å². The summed E-state index contributed by atoms with van der Waals surface area (Å²) < 4.78 is 6.03. The number of ether oxygens (including phenoxy) is 1. The molecule has 0 rings (SSSR count). The third-order valence-electron chi connectivity index (χ3n) is 10.2. The van der Waals surface area contributed by atoms with Crippen molar-refractivity contribution in [3.05, 3.63) is 36.5 Å². The van der Waals surface area contributed by atoms with Gasteiger partial charge in [-0.3, -0.25) is 9.59 Å². The van der Waals surface area contributed by atoms with Gasteiger partial charge in [0.15, 0.2) is 0 Å². The molecule has 7 nitrogen and oxygen atoms in total. The smallest absolute Gasteiger partial charge is 0.326 e. The lowest BCUT2D eigenvalue weighted by molar-refractivity contribution is -0.150. The molecule has 2 atom stereocenters. The first-order valence-electron chi connectivity index (χ1n) is 22.8. The van der Waals surface area contributed by atoms with Crippen molar-refractivity contribution in [2.45, 2.75) is 238 Å². The van der Waals surface area contributed by atoms with Crippen molar-refractivity contribution in [2.75, 3.05) is 6.54 Å². The van der Waals surface area contributed by atoms with Gasteiger partial charge in [0.25, 0.3) is 0 Å². The van der Waals surface area contributed by atoms with Crippen LogP contribution in [0.1, 0.15) is 226 Å². The second kappa shape index (κ2) is 41.7. The Morgan fingerprint density at radius 2 is 0.981 bits per heavy atom. The third kappa shape index (κ3) is 37.9. The molecule has 0 heterocycles. The number of carbonyl (C=O) groups is 3. The zero-order chi connectivity index (χ0) is 39.6. The van der Waals surface area contributed by atoms with E-state index >= 15 is 0 Å². The van der Waals surface area contributed by atoms with Crippen molar-refractivity contribution in [1.82, 2.24) is 5.32 Å². The molecule has 0 aromatic heterocycles. The summed E-state index contributed by atoms with van der Waals surface area (Å²) in [5.41, 5.74) is 5.49. The number of allylic oxidation sites excluding steroid dienone is 6. The number of unbranched alkanes of at least 4 members (excludes halogenated alkanes) is 21. The van der Waals surface area contributed by atoms with Crippen LogP contribution in [0.3, 0.4) is 0 Å². The summed E-state index contributed by atoms with van der Waals surface area (Å²) >= 11 is 0. The van der Waals surface area contributed by atoms with E-state index in [0.29, 0.717) is 32.2 Å². The number of amides is 1. The van der Waals surface area contributed by atoms with E-state index in [1.165, 1.54) is 103 Å². The number of rotatable bonds is 41. The summed E-state index contributed by atoms with van der Waals surface area (Å²) in [6.45, 7) is 4.92. The summed E-state index contributed by atoms with van der Waals surface area (Å²) in [6.07, 6.45) is 49.0. The minimum Gasteiger partial charge on any atom is -0.480 e. The van der Waals surface area contributed by atoms with E-state index < -0.39 is 12.0 Å². The maximum atomic E-state index is 12.8. The van der Waals surface area contributed by atoms with Crippen LogP contribution in [-0.4, -0.2) is 41.6 Å². The van der Waals surface area contributed by atoms with Gasteiger partial charge in [-0.1, -0.05) is 147 Å². The Hall–Kier alpha value is -2.41. The number of carboxylic acids is 1. The maximum Gasteiger partial charge on any atom is 0.326 e. The van der Waals surface area contributed by atoms with Gasteiger partial charge in [0.1, 0.15) is 12.1 Å². The molecule has 0 aromatic rings. The van der Waals surface area contributed by atoms with Gasteiger partial charge >= 0.3 is 11.9 Å². The summed E-state index contributed by atoms with van der Waals surface area (Å²) in [5.74, 6) is -1.26. The lowest BCUT2D eigenvalue weighted by atomic mass is 10.0. The number of hydrogen-bond acceptors (Lipinski definition) is 5. The van der Waals surface area contributed by atoms with Crippen LogP contribution in [-0.2, 0) is 19.1 Å². The number of esters is 1. The lowest BCUT2D eigenvalue weighted by Gasteiger charge is -2.18. The Kier molecular flexibility index (Phi) is 39.9. The lowest BCUT2D eigenvalue weighted by Crippen LogP contribution is -2.40. The van der Waals surface area contributed by atoms with Gasteiger partial charge in [-0.05, 0) is 109 Å². The van der Waals surface area contributed by atoms with Crippen molar-refractivity contribution in [3.63, 3.8) is 0 Å². The summed E-state index contributed by atoms with van der Waals surface area (Å²) in [7, 11) is 0. The molecule has 314 valence electrons. The van der Waals surface area contributed by atoms with Crippen molar-refractivity contribution in [3.8, 4) is 0 Å². The van der Waals surface area contributed by atoms with Gasteiger partial charge in [0.05, 0.1) is 0 Å². The molecule has 0 fully saturated rings. The molecule has 2 unspecified atom stereocenters. The van der Waals surface area contributed by atoms with Gasteiger partial charge in [-0.2, -0.15) is 0 Å². The molecule has 0 radical (unpaired) electrons. The first kappa shape index (κ1) is 51.6. The number of carbonyl (C=O) groups excluding carboxylic acids is 2. The van der Waals surface area contributed by atoms with Crippen LogP contribution in [0.2, 0.25) is 0 Å². The van der Waals surface area contributed by atoms with Crippen LogP contribution in [0.25, 0.3) is 0 Å². The molecule has 0 bridgehead atoms. The van der Waals surface area contributed by atoms with Crippen LogP contribution >= 0.6 is 0 Å². The Morgan fingerprint density at radius 1 is 0.537 bits per heavy atom. The fraction of sp³-hybridized carbons (Fsp3) is 0.809. The van der Waals surface area contributed by atoms with E-state index in [0.717, 1.165) is 83.5 Å². The zero-order valence-corrected chi connectivity index (χ0v) is 35.3. The highest BCUT2D eigenvalue weighted by molar-refractivity contribution is 5.83. The van der Waals surface area contributed by atoms with Crippen LogP contribution < -0.4 is 11.1 Å². The molecule has 0 aromatic carbocycles. The highest BCUT2D eigenvalue weighted by Gasteiger charge is 2.19. The quantitative estimate of drug-likeness (QED) is 0.0324. The normalized spacial score (nSPS) is 12.9. The van der Waals surface area contributed by atoms with Crippen LogP contribution in [0.5, 0.6) is 0 Å². The van der Waals surface area contributed by atoms with Crippen molar-refractivity contribution in [1.29, 1.82) is 0 Å². The number of nitrogens with two attached hydrogens (primary N) is 1. The van der Waals surface area contributed by atoms with E-state index in [1.54, 1.807) is 0 Å². The van der Waals surface area contributed by atoms with Crippen LogP contribution in [0.4, 0.5) is 0 Å². The molecule has 0 saturated heterocycles. The molecule has 7 heteroatoms. The summed E-state index contributed by atoms with van der Waals surface area (Å²) in [6, 6.07) is -0.859. The minimum absolute atomic E-state index is 0.0208. The number of aliphatic carboxylic acids is 1. The standard InChI is InChI=1S/C47H86N2O5/c1-3-5-7-9-11-13-15-16-17-18-19-20-22-24-26-31-35-41-46(51)54-43(37-32-28-25-23-21-14-12-10-8-6-4-2)38-33-29-27-30-34-40-45(50)49-44(47(52)53)39-36-42-48/h11,13,16-17,23,25,43-44H,3-10,12,14-15,18-22,24,26-42,48H2,1-2H3,(H,49,50)(H,52,53)/b13-11-,17-16-,25-23-. The van der Waals surface area contributed by atoms with E-state index in [1.807, 2.05) is 0 Å². The Labute approximate surface area is 333 Å². The maximum absolute atomic E-state index is 12.8. The van der Waals surface area contributed by atoms with E-state index in [-0.39, 0.29) is 18.0 Å². The Morgan fingerprint density at radius 3 is 1.56 bits per heavy atom. The average molecular weight is 759 g/mol. The highest BCUT2D eigenvalue weighted by Crippen LogP contribution is 2.18. The Balaban J connectivity index is 4.32. The molecular formula is C47H86N2O5. The third-order valence-corrected chi connectivity index (χ3v) is 10.2. The molecule has 0 saturated carbocycles. The average Bonchev–Trinajstić information content (AvgIpc) is 3.16. The zero-order valence-electron chi connectivity index (χ0n) is 35.3. The highest BCUT2D eigenvalue weighted by atomic mass is 16.5. The monoisotopic (exact) mass is 759 g/mol. The fourth-order valence-corrected chi connectivity index (χ4v) is 6.72. The fourth-order valence-electron chi connectivity index (χ4n) is 6.72.